The molecule has 0 saturated carbocycles. The number of nitrogen functional groups attached to an aromatic ring is 1. The number of methoxy groups -OCH3 is 1. The van der Waals surface area contributed by atoms with E-state index in [0.717, 1.165) is 43.9 Å². The van der Waals surface area contributed by atoms with Crippen LogP contribution in [0.4, 0.5) is 5.69 Å². The first kappa shape index (κ1) is 22.6. The van der Waals surface area contributed by atoms with Crippen molar-refractivity contribution in [1.82, 2.24) is 19.7 Å². The molecule has 0 bridgehead atoms. The highest BCUT2D eigenvalue weighted by atomic mass is 35.5. The quantitative estimate of drug-likeness (QED) is 0.728. The van der Waals surface area contributed by atoms with E-state index >= 15 is 0 Å². The average molecular weight is 449 g/mol. The third-order valence-corrected chi connectivity index (χ3v) is 5.59. The summed E-state index contributed by atoms with van der Waals surface area (Å²) in [5.41, 5.74) is 6.67. The summed E-state index contributed by atoms with van der Waals surface area (Å²) in [6.45, 7) is 2.31. The van der Waals surface area contributed by atoms with Crippen LogP contribution in [0.5, 0.6) is 5.75 Å². The highest BCUT2D eigenvalue weighted by Crippen LogP contribution is 2.33. The molecular formula is C18H24Cl3N5O2. The summed E-state index contributed by atoms with van der Waals surface area (Å²) in [5, 5.41) is 9.07. The van der Waals surface area contributed by atoms with Crippen molar-refractivity contribution >= 4 is 48.0 Å². The van der Waals surface area contributed by atoms with Crippen molar-refractivity contribution in [2.24, 2.45) is 0 Å². The summed E-state index contributed by atoms with van der Waals surface area (Å²) >= 11 is 6.13. The van der Waals surface area contributed by atoms with Gasteiger partial charge in [-0.05, 0) is 25.3 Å². The minimum absolute atomic E-state index is 0. The highest BCUT2D eigenvalue weighted by molar-refractivity contribution is 6.33. The Morgan fingerprint density at radius 2 is 2.04 bits per heavy atom. The number of piperidine rings is 1. The van der Waals surface area contributed by atoms with Crippen LogP contribution in [0.3, 0.4) is 0 Å². The van der Waals surface area contributed by atoms with Crippen molar-refractivity contribution in [3.05, 3.63) is 34.4 Å². The van der Waals surface area contributed by atoms with Crippen molar-refractivity contribution in [3.8, 4) is 5.75 Å². The van der Waals surface area contributed by atoms with Gasteiger partial charge in [-0.2, -0.15) is 0 Å². The smallest absolute Gasteiger partial charge is 0.257 e. The third-order valence-electron chi connectivity index (χ3n) is 5.26. The first-order chi connectivity index (χ1) is 12.6. The van der Waals surface area contributed by atoms with Gasteiger partial charge in [-0.15, -0.1) is 35.0 Å². The summed E-state index contributed by atoms with van der Waals surface area (Å²) < 4.78 is 7.56. The molecule has 2 aromatic rings. The molecule has 2 aliphatic heterocycles. The maximum absolute atomic E-state index is 13.1. The first-order valence-electron chi connectivity index (χ1n) is 8.92. The van der Waals surface area contributed by atoms with E-state index in [0.29, 0.717) is 35.1 Å². The molecule has 10 heteroatoms. The van der Waals surface area contributed by atoms with Gasteiger partial charge in [0.1, 0.15) is 17.4 Å². The number of nitrogens with two attached hydrogens (primary N) is 1. The SMILES string of the molecule is COc1cc(N)c(Cl)cc1C(=O)N1CCCC(c2nnc3n2CCC3)C1.Cl.Cl. The lowest BCUT2D eigenvalue weighted by Crippen LogP contribution is -2.40. The molecule has 1 saturated heterocycles. The Kier molecular flexibility index (Phi) is 7.42. The Bertz CT molecular complexity index is 858. The largest absolute Gasteiger partial charge is 0.496 e. The Hall–Kier alpha value is -1.70. The fourth-order valence-corrected chi connectivity index (χ4v) is 4.09. The first-order valence-corrected chi connectivity index (χ1v) is 9.30. The fourth-order valence-electron chi connectivity index (χ4n) is 3.92. The topological polar surface area (TPSA) is 86.3 Å². The molecule has 4 rings (SSSR count). The van der Waals surface area contributed by atoms with E-state index < -0.39 is 0 Å². The number of ether oxygens (including phenoxy) is 1. The number of hydrogen-bond donors (Lipinski definition) is 1. The van der Waals surface area contributed by atoms with Gasteiger partial charge >= 0.3 is 0 Å². The van der Waals surface area contributed by atoms with Crippen molar-refractivity contribution in [2.75, 3.05) is 25.9 Å². The molecule has 1 aromatic heterocycles. The van der Waals surface area contributed by atoms with Crippen LogP contribution in [0.25, 0.3) is 0 Å². The van der Waals surface area contributed by atoms with Crippen LogP contribution >= 0.6 is 36.4 Å². The molecule has 0 radical (unpaired) electrons. The zero-order chi connectivity index (χ0) is 18.3. The van der Waals surface area contributed by atoms with E-state index in [1.165, 1.54) is 7.11 Å². The molecule has 1 unspecified atom stereocenters. The lowest BCUT2D eigenvalue weighted by molar-refractivity contribution is 0.0700. The van der Waals surface area contributed by atoms with Crippen molar-refractivity contribution in [1.29, 1.82) is 0 Å². The van der Waals surface area contributed by atoms with Gasteiger partial charge in [0.15, 0.2) is 0 Å². The molecule has 154 valence electrons. The molecule has 3 heterocycles. The lowest BCUT2D eigenvalue weighted by atomic mass is 9.96. The van der Waals surface area contributed by atoms with Gasteiger partial charge in [0.25, 0.3) is 5.91 Å². The van der Waals surface area contributed by atoms with Crippen molar-refractivity contribution < 1.29 is 9.53 Å². The zero-order valence-corrected chi connectivity index (χ0v) is 17.9. The minimum atomic E-state index is -0.0883. The summed E-state index contributed by atoms with van der Waals surface area (Å²) in [6, 6.07) is 3.19. The number of rotatable bonds is 3. The molecule has 2 N–H and O–H groups in total. The molecule has 2 aliphatic rings. The normalized spacial score (nSPS) is 18.1. The maximum atomic E-state index is 13.1. The molecule has 1 fully saturated rings. The number of amides is 1. The van der Waals surface area contributed by atoms with Crippen LogP contribution in [0.1, 0.15) is 47.2 Å². The summed E-state index contributed by atoms with van der Waals surface area (Å²) in [6.07, 6.45) is 4.06. The second-order valence-corrected chi connectivity index (χ2v) is 7.30. The van der Waals surface area contributed by atoms with Gasteiger partial charge in [-0.1, -0.05) is 11.6 Å². The van der Waals surface area contributed by atoms with Crippen LogP contribution in [0.2, 0.25) is 5.02 Å². The van der Waals surface area contributed by atoms with E-state index in [9.17, 15) is 4.79 Å². The predicted octanol–water partition coefficient (Wildman–Crippen LogP) is 3.33. The number of aryl methyl sites for hydroxylation is 1. The summed E-state index contributed by atoms with van der Waals surface area (Å²) in [5.74, 6) is 2.65. The van der Waals surface area contributed by atoms with Crippen LogP contribution in [-0.2, 0) is 13.0 Å². The van der Waals surface area contributed by atoms with E-state index in [2.05, 4.69) is 14.8 Å². The van der Waals surface area contributed by atoms with Gasteiger partial charge in [-0.25, -0.2) is 0 Å². The number of likely N-dealkylation sites (tertiary alicyclic amines) is 1. The number of carbonyl (C=O) groups is 1. The minimum Gasteiger partial charge on any atom is -0.496 e. The Morgan fingerprint density at radius 1 is 1.25 bits per heavy atom. The van der Waals surface area contributed by atoms with E-state index in [1.807, 2.05) is 4.90 Å². The number of halogens is 3. The highest BCUT2D eigenvalue weighted by Gasteiger charge is 2.31. The van der Waals surface area contributed by atoms with E-state index in [4.69, 9.17) is 22.1 Å². The van der Waals surface area contributed by atoms with Gasteiger partial charge in [0, 0.05) is 38.0 Å². The summed E-state index contributed by atoms with van der Waals surface area (Å²) in [4.78, 5) is 15.0. The molecule has 0 spiro atoms. The Morgan fingerprint density at radius 3 is 2.79 bits per heavy atom. The number of benzene rings is 1. The van der Waals surface area contributed by atoms with Gasteiger partial charge in [0.05, 0.1) is 23.4 Å². The average Bonchev–Trinajstić information content (AvgIpc) is 3.26. The fraction of sp³-hybridized carbons (Fsp3) is 0.500. The Labute approximate surface area is 181 Å². The standard InChI is InChI=1S/C18H22ClN5O2.2ClH/c1-26-15-9-14(20)13(19)8-12(15)18(25)23-6-2-4-11(10-23)17-22-21-16-5-3-7-24(16)17;;/h8-9,11H,2-7,10,20H2,1H3;2*1H. The number of aromatic nitrogens is 3. The molecule has 0 aliphatic carbocycles. The number of hydrogen-bond acceptors (Lipinski definition) is 5. The van der Waals surface area contributed by atoms with Crippen LogP contribution in [0.15, 0.2) is 12.1 Å². The van der Waals surface area contributed by atoms with Crippen molar-refractivity contribution in [2.45, 2.75) is 38.1 Å². The maximum Gasteiger partial charge on any atom is 0.257 e. The van der Waals surface area contributed by atoms with Crippen LogP contribution in [-0.4, -0.2) is 45.8 Å². The van der Waals surface area contributed by atoms with Crippen LogP contribution < -0.4 is 10.5 Å². The van der Waals surface area contributed by atoms with E-state index in [-0.39, 0.29) is 36.6 Å². The Balaban J connectivity index is 0.00000140. The van der Waals surface area contributed by atoms with Crippen molar-refractivity contribution in [3.63, 3.8) is 0 Å². The number of fused-ring (bicyclic) bond motifs is 1. The molecule has 1 aromatic carbocycles. The van der Waals surface area contributed by atoms with Crippen LogP contribution in [0, 0.1) is 0 Å². The van der Waals surface area contributed by atoms with E-state index in [1.54, 1.807) is 12.1 Å². The number of anilines is 1. The van der Waals surface area contributed by atoms with Gasteiger partial charge in [0.2, 0.25) is 0 Å². The molecule has 1 atom stereocenters. The summed E-state index contributed by atoms with van der Waals surface area (Å²) in [7, 11) is 1.53. The predicted molar refractivity (Wildman–Crippen MR) is 113 cm³/mol. The number of nitrogens with zero attached hydrogens (tertiary/aromatic N) is 4. The molecular weight excluding hydrogens is 425 g/mol. The van der Waals surface area contributed by atoms with Gasteiger partial charge in [-0.3, -0.25) is 4.79 Å². The lowest BCUT2D eigenvalue weighted by Gasteiger charge is -2.32. The molecule has 7 nitrogen and oxygen atoms in total. The van der Waals surface area contributed by atoms with Gasteiger partial charge < -0.3 is 19.9 Å². The number of carbonyl (C=O) groups excluding carboxylic acids is 1. The second kappa shape index (κ2) is 9.20. The second-order valence-electron chi connectivity index (χ2n) is 6.89. The zero-order valence-electron chi connectivity index (χ0n) is 15.6. The molecule has 28 heavy (non-hydrogen) atoms. The third kappa shape index (κ3) is 4.02. The molecule has 1 amide bonds. The monoisotopic (exact) mass is 447 g/mol.